The minimum absolute atomic E-state index is 0.815. The molecular formula is C16H20N2. The van der Waals surface area contributed by atoms with Crippen molar-refractivity contribution in [3.8, 4) is 11.4 Å². The Labute approximate surface area is 109 Å². The van der Waals surface area contributed by atoms with Crippen molar-refractivity contribution < 1.29 is 0 Å². The van der Waals surface area contributed by atoms with Crippen LogP contribution in [0.4, 0.5) is 0 Å². The van der Waals surface area contributed by atoms with Crippen molar-refractivity contribution in [3.05, 3.63) is 47.8 Å². The molecule has 1 heterocycles. The van der Waals surface area contributed by atoms with Crippen LogP contribution in [-0.4, -0.2) is 9.97 Å². The Morgan fingerprint density at radius 1 is 1.00 bits per heavy atom. The van der Waals surface area contributed by atoms with Crippen molar-refractivity contribution in [1.82, 2.24) is 9.97 Å². The molecule has 1 aromatic heterocycles. The fourth-order valence-corrected chi connectivity index (χ4v) is 1.99. The molecule has 0 spiro atoms. The quantitative estimate of drug-likeness (QED) is 0.732. The van der Waals surface area contributed by atoms with Gasteiger partial charge in [0.25, 0.3) is 0 Å². The van der Waals surface area contributed by atoms with Gasteiger partial charge in [-0.3, -0.25) is 0 Å². The van der Waals surface area contributed by atoms with E-state index in [1.807, 2.05) is 19.2 Å². The van der Waals surface area contributed by atoms with Crippen molar-refractivity contribution in [3.63, 3.8) is 0 Å². The molecule has 0 unspecified atom stereocenters. The molecule has 0 aliphatic heterocycles. The van der Waals surface area contributed by atoms with Gasteiger partial charge < -0.3 is 0 Å². The number of benzene rings is 1. The smallest absolute Gasteiger partial charge is 0.159 e. The minimum atomic E-state index is 0.815. The Hall–Kier alpha value is -1.70. The van der Waals surface area contributed by atoms with Crippen LogP contribution < -0.4 is 0 Å². The van der Waals surface area contributed by atoms with Crippen molar-refractivity contribution in [1.29, 1.82) is 0 Å². The molecule has 18 heavy (non-hydrogen) atoms. The Balaban J connectivity index is 2.07. The van der Waals surface area contributed by atoms with Gasteiger partial charge in [0.15, 0.2) is 5.82 Å². The summed E-state index contributed by atoms with van der Waals surface area (Å²) in [5.41, 5.74) is 3.50. The lowest BCUT2D eigenvalue weighted by Crippen LogP contribution is -1.91. The first-order valence-electron chi connectivity index (χ1n) is 6.68. The molecule has 0 bridgehead atoms. The number of nitrogens with zero attached hydrogens (tertiary/aromatic N) is 2. The topological polar surface area (TPSA) is 25.8 Å². The van der Waals surface area contributed by atoms with Crippen molar-refractivity contribution in [2.75, 3.05) is 0 Å². The summed E-state index contributed by atoms with van der Waals surface area (Å²) in [7, 11) is 0. The van der Waals surface area contributed by atoms with Crippen LogP contribution in [0, 0.1) is 6.92 Å². The molecule has 0 radical (unpaired) electrons. The van der Waals surface area contributed by atoms with Crippen LogP contribution in [0.1, 0.15) is 37.4 Å². The molecule has 2 nitrogen and oxygen atoms in total. The summed E-state index contributed by atoms with van der Waals surface area (Å²) >= 11 is 0. The fraction of sp³-hybridized carbons (Fsp3) is 0.375. The highest BCUT2D eigenvalue weighted by atomic mass is 14.9. The van der Waals surface area contributed by atoms with E-state index in [1.165, 1.54) is 31.2 Å². The van der Waals surface area contributed by atoms with E-state index < -0.39 is 0 Å². The molecule has 2 aromatic rings. The summed E-state index contributed by atoms with van der Waals surface area (Å²) in [4.78, 5) is 8.74. The maximum absolute atomic E-state index is 4.44. The summed E-state index contributed by atoms with van der Waals surface area (Å²) in [5.74, 6) is 0.815. The third kappa shape index (κ3) is 3.39. The molecule has 0 fully saturated rings. The zero-order chi connectivity index (χ0) is 12.8. The summed E-state index contributed by atoms with van der Waals surface area (Å²) in [6.07, 6.45) is 6.84. The lowest BCUT2D eigenvalue weighted by molar-refractivity contribution is 0.717. The predicted octanol–water partition coefficient (Wildman–Crippen LogP) is 4.18. The molecule has 1 aromatic carbocycles. The lowest BCUT2D eigenvalue weighted by atomic mass is 10.1. The second-order valence-electron chi connectivity index (χ2n) is 4.68. The van der Waals surface area contributed by atoms with Gasteiger partial charge in [-0.15, -0.1) is 0 Å². The average molecular weight is 240 g/mol. The first-order valence-corrected chi connectivity index (χ1v) is 6.68. The third-order valence-electron chi connectivity index (χ3n) is 3.08. The molecule has 0 aliphatic carbocycles. The van der Waals surface area contributed by atoms with Crippen LogP contribution in [0.2, 0.25) is 0 Å². The molecule has 2 heteroatoms. The zero-order valence-electron chi connectivity index (χ0n) is 11.2. The normalized spacial score (nSPS) is 10.6. The average Bonchev–Trinajstić information content (AvgIpc) is 2.40. The van der Waals surface area contributed by atoms with Gasteiger partial charge in [0.05, 0.1) is 0 Å². The maximum atomic E-state index is 4.44. The van der Waals surface area contributed by atoms with E-state index in [9.17, 15) is 0 Å². The molecule has 0 N–H and O–H groups in total. The molecule has 2 rings (SSSR count). The fourth-order valence-electron chi connectivity index (χ4n) is 1.99. The number of aryl methyl sites for hydroxylation is 2. The minimum Gasteiger partial charge on any atom is -0.237 e. The first kappa shape index (κ1) is 12.7. The number of hydrogen-bond donors (Lipinski definition) is 0. The number of aromatic nitrogens is 2. The molecule has 0 aliphatic rings. The first-order chi connectivity index (χ1) is 8.79. The van der Waals surface area contributed by atoms with Gasteiger partial charge in [0.1, 0.15) is 0 Å². The van der Waals surface area contributed by atoms with Gasteiger partial charge in [0, 0.05) is 17.5 Å². The van der Waals surface area contributed by atoms with E-state index in [2.05, 4.69) is 41.2 Å². The second-order valence-corrected chi connectivity index (χ2v) is 4.68. The van der Waals surface area contributed by atoms with E-state index in [4.69, 9.17) is 0 Å². The highest BCUT2D eigenvalue weighted by molar-refractivity contribution is 5.55. The van der Waals surface area contributed by atoms with Crippen molar-refractivity contribution in [2.45, 2.75) is 39.5 Å². The molecule has 0 saturated carbocycles. The molecule has 0 amide bonds. The highest BCUT2D eigenvalue weighted by Crippen LogP contribution is 2.16. The van der Waals surface area contributed by atoms with Crippen LogP contribution >= 0.6 is 0 Å². The summed E-state index contributed by atoms with van der Waals surface area (Å²) in [6.45, 7) is 4.22. The lowest BCUT2D eigenvalue weighted by Gasteiger charge is -2.04. The number of rotatable bonds is 5. The van der Waals surface area contributed by atoms with Gasteiger partial charge in [0.2, 0.25) is 0 Å². The molecule has 94 valence electrons. The van der Waals surface area contributed by atoms with Gasteiger partial charge in [-0.05, 0) is 31.4 Å². The van der Waals surface area contributed by atoms with Crippen LogP contribution in [-0.2, 0) is 6.42 Å². The largest absolute Gasteiger partial charge is 0.237 e. The Morgan fingerprint density at radius 2 is 1.78 bits per heavy atom. The summed E-state index contributed by atoms with van der Waals surface area (Å²) < 4.78 is 0. The standard InChI is InChI=1S/C16H20N2/c1-3-4-5-6-14-7-9-15(10-8-14)16-17-12-11-13(2)18-16/h7-12H,3-6H2,1-2H3. The van der Waals surface area contributed by atoms with E-state index in [0.717, 1.165) is 17.1 Å². The van der Waals surface area contributed by atoms with E-state index in [-0.39, 0.29) is 0 Å². The number of hydrogen-bond acceptors (Lipinski definition) is 2. The highest BCUT2D eigenvalue weighted by Gasteiger charge is 2.01. The molecule has 0 atom stereocenters. The van der Waals surface area contributed by atoms with E-state index in [0.29, 0.717) is 0 Å². The van der Waals surface area contributed by atoms with E-state index in [1.54, 1.807) is 0 Å². The molecule has 0 saturated heterocycles. The second kappa shape index (κ2) is 6.29. The summed E-state index contributed by atoms with van der Waals surface area (Å²) in [5, 5.41) is 0. The Bertz CT molecular complexity index is 489. The van der Waals surface area contributed by atoms with Crippen molar-refractivity contribution >= 4 is 0 Å². The van der Waals surface area contributed by atoms with Crippen LogP contribution in [0.3, 0.4) is 0 Å². The van der Waals surface area contributed by atoms with Gasteiger partial charge in [-0.2, -0.15) is 0 Å². The van der Waals surface area contributed by atoms with Gasteiger partial charge in [-0.1, -0.05) is 44.0 Å². The zero-order valence-corrected chi connectivity index (χ0v) is 11.2. The van der Waals surface area contributed by atoms with Gasteiger partial charge in [-0.25, -0.2) is 9.97 Å². The molecular weight excluding hydrogens is 220 g/mol. The Morgan fingerprint density at radius 3 is 2.44 bits per heavy atom. The maximum Gasteiger partial charge on any atom is 0.159 e. The predicted molar refractivity (Wildman–Crippen MR) is 75.4 cm³/mol. The van der Waals surface area contributed by atoms with Gasteiger partial charge >= 0.3 is 0 Å². The van der Waals surface area contributed by atoms with Crippen LogP contribution in [0.25, 0.3) is 11.4 Å². The van der Waals surface area contributed by atoms with Crippen LogP contribution in [0.15, 0.2) is 36.5 Å². The van der Waals surface area contributed by atoms with E-state index >= 15 is 0 Å². The van der Waals surface area contributed by atoms with Crippen molar-refractivity contribution in [2.24, 2.45) is 0 Å². The van der Waals surface area contributed by atoms with Crippen LogP contribution in [0.5, 0.6) is 0 Å². The summed E-state index contributed by atoms with van der Waals surface area (Å²) in [6, 6.07) is 10.5. The SMILES string of the molecule is CCCCCc1ccc(-c2nccc(C)n2)cc1. The third-order valence-corrected chi connectivity index (χ3v) is 3.08. The monoisotopic (exact) mass is 240 g/mol. The number of unbranched alkanes of at least 4 members (excludes halogenated alkanes) is 2. The Kier molecular flexibility index (Phi) is 4.46.